The summed E-state index contributed by atoms with van der Waals surface area (Å²) in [5, 5.41) is 2.07. The summed E-state index contributed by atoms with van der Waals surface area (Å²) in [7, 11) is -4.75. The summed E-state index contributed by atoms with van der Waals surface area (Å²) in [5.41, 5.74) is 0.997. The fraction of sp³-hybridized carbons (Fsp3) is 0.267. The second-order valence-corrected chi connectivity index (χ2v) is 7.10. The van der Waals surface area contributed by atoms with Crippen LogP contribution in [0.5, 0.6) is 5.75 Å². The zero-order valence-corrected chi connectivity index (χ0v) is 15.2. The van der Waals surface area contributed by atoms with Crippen LogP contribution in [-0.2, 0) is 10.0 Å². The van der Waals surface area contributed by atoms with Crippen molar-refractivity contribution in [1.29, 1.82) is 0 Å². The maximum atomic E-state index is 13.1. The highest BCUT2D eigenvalue weighted by Gasteiger charge is 2.45. The Labute approximate surface area is 157 Å². The summed E-state index contributed by atoms with van der Waals surface area (Å²) < 4.78 is 81.0. The largest absolute Gasteiger partial charge is 0.461 e. The highest BCUT2D eigenvalue weighted by molar-refractivity contribution is 7.90. The number of aromatic nitrogens is 2. The number of nitrogens with one attached hydrogen (secondary N) is 2. The predicted octanol–water partition coefficient (Wildman–Crippen LogP) is 2.84. The average molecular weight is 422 g/mol. The molecule has 152 valence electrons. The minimum atomic E-state index is -4.93. The molecule has 1 aromatic carbocycles. The van der Waals surface area contributed by atoms with Gasteiger partial charge in [0.1, 0.15) is 10.6 Å². The standard InChI is InChI=1S/C15H14F4N4O4S/c1-8-7-9(2)21-13(20-8)22-14(24)23-28(25,26)11-6-4-3-5-10(11)27-15(18,19)12(16)17/h3-7,12H,1-2H3,(H2,20,21,22,23,24). The number of sulfonamides is 1. The first-order chi connectivity index (χ1) is 12.9. The van der Waals surface area contributed by atoms with Gasteiger partial charge < -0.3 is 4.74 Å². The molecule has 0 aliphatic rings. The molecule has 2 rings (SSSR count). The number of carbonyl (C=O) groups excluding carboxylic acids is 1. The molecular weight excluding hydrogens is 408 g/mol. The van der Waals surface area contributed by atoms with Crippen molar-refractivity contribution in [3.8, 4) is 5.75 Å². The Hall–Kier alpha value is -2.96. The molecule has 1 heterocycles. The third kappa shape index (κ3) is 5.28. The van der Waals surface area contributed by atoms with Crippen LogP contribution in [0.25, 0.3) is 0 Å². The Kier molecular flexibility index (Phi) is 6.07. The third-order valence-electron chi connectivity index (χ3n) is 3.07. The smallest absolute Gasteiger partial charge is 0.427 e. The third-order valence-corrected chi connectivity index (χ3v) is 4.44. The van der Waals surface area contributed by atoms with E-state index in [1.807, 2.05) is 0 Å². The molecule has 0 spiro atoms. The van der Waals surface area contributed by atoms with Crippen molar-refractivity contribution >= 4 is 22.0 Å². The van der Waals surface area contributed by atoms with Crippen LogP contribution in [0.3, 0.4) is 0 Å². The molecular formula is C15H14F4N4O4S. The molecule has 0 aliphatic carbocycles. The number of halogens is 4. The second kappa shape index (κ2) is 7.96. The summed E-state index contributed by atoms with van der Waals surface area (Å²) in [6.07, 6.45) is -9.12. The highest BCUT2D eigenvalue weighted by Crippen LogP contribution is 2.31. The monoisotopic (exact) mass is 422 g/mol. The van der Waals surface area contributed by atoms with E-state index in [9.17, 15) is 30.8 Å². The lowest BCUT2D eigenvalue weighted by Gasteiger charge is -2.19. The molecule has 13 heteroatoms. The van der Waals surface area contributed by atoms with E-state index in [1.54, 1.807) is 24.6 Å². The molecule has 8 nitrogen and oxygen atoms in total. The Balaban J connectivity index is 2.24. The molecule has 0 fully saturated rings. The van der Waals surface area contributed by atoms with Crippen LogP contribution < -0.4 is 14.8 Å². The number of anilines is 1. The average Bonchev–Trinajstić information content (AvgIpc) is 2.52. The van der Waals surface area contributed by atoms with E-state index >= 15 is 0 Å². The lowest BCUT2D eigenvalue weighted by atomic mass is 10.3. The van der Waals surface area contributed by atoms with Gasteiger partial charge >= 0.3 is 18.6 Å². The molecule has 2 amide bonds. The van der Waals surface area contributed by atoms with Crippen LogP contribution in [0, 0.1) is 13.8 Å². The van der Waals surface area contributed by atoms with Gasteiger partial charge in [-0.1, -0.05) is 12.1 Å². The van der Waals surface area contributed by atoms with E-state index in [2.05, 4.69) is 20.0 Å². The molecule has 0 saturated heterocycles. The van der Waals surface area contributed by atoms with Gasteiger partial charge in [0.25, 0.3) is 10.0 Å². The quantitative estimate of drug-likeness (QED) is 0.693. The fourth-order valence-corrected chi connectivity index (χ4v) is 3.07. The summed E-state index contributed by atoms with van der Waals surface area (Å²) in [5.74, 6) is -1.25. The first-order valence-corrected chi connectivity index (χ1v) is 8.99. The predicted molar refractivity (Wildman–Crippen MR) is 88.9 cm³/mol. The molecule has 0 saturated carbocycles. The number of nitrogens with zero attached hydrogens (tertiary/aromatic N) is 2. The van der Waals surface area contributed by atoms with E-state index in [-0.39, 0.29) is 5.95 Å². The Morgan fingerprint density at radius 1 is 1.14 bits per heavy atom. The van der Waals surface area contributed by atoms with Gasteiger partial charge in [0, 0.05) is 11.4 Å². The summed E-state index contributed by atoms with van der Waals surface area (Å²) in [6, 6.07) is 4.10. The van der Waals surface area contributed by atoms with Crippen molar-refractivity contribution in [3.05, 3.63) is 41.7 Å². The molecule has 0 atom stereocenters. The van der Waals surface area contributed by atoms with Gasteiger partial charge in [0.2, 0.25) is 5.95 Å². The Morgan fingerprint density at radius 2 is 1.71 bits per heavy atom. The number of hydrogen-bond acceptors (Lipinski definition) is 6. The normalized spacial score (nSPS) is 12.0. The molecule has 2 aromatic rings. The number of carbonyl (C=O) groups is 1. The number of urea groups is 1. The lowest BCUT2D eigenvalue weighted by Crippen LogP contribution is -2.37. The van der Waals surface area contributed by atoms with Gasteiger partial charge in [-0.25, -0.2) is 27.9 Å². The number of alkyl halides is 4. The van der Waals surface area contributed by atoms with Gasteiger partial charge in [-0.05, 0) is 32.0 Å². The van der Waals surface area contributed by atoms with Crippen molar-refractivity contribution < 1.29 is 35.5 Å². The van der Waals surface area contributed by atoms with Gasteiger partial charge in [-0.3, -0.25) is 5.32 Å². The van der Waals surface area contributed by atoms with Crippen LogP contribution in [0.1, 0.15) is 11.4 Å². The van der Waals surface area contributed by atoms with Crippen LogP contribution in [0.2, 0.25) is 0 Å². The maximum absolute atomic E-state index is 13.1. The number of para-hydroxylation sites is 1. The number of amides is 2. The summed E-state index contributed by atoms with van der Waals surface area (Å²) in [6.45, 7) is 3.23. The van der Waals surface area contributed by atoms with Crippen molar-refractivity contribution in [2.24, 2.45) is 0 Å². The molecule has 1 aromatic heterocycles. The molecule has 0 bridgehead atoms. The van der Waals surface area contributed by atoms with Crippen LogP contribution in [0.4, 0.5) is 28.3 Å². The van der Waals surface area contributed by atoms with Crippen LogP contribution >= 0.6 is 0 Å². The van der Waals surface area contributed by atoms with Gasteiger partial charge in [-0.15, -0.1) is 0 Å². The van der Waals surface area contributed by atoms with E-state index < -0.39 is 39.2 Å². The van der Waals surface area contributed by atoms with Crippen molar-refractivity contribution in [1.82, 2.24) is 14.7 Å². The number of benzene rings is 1. The SMILES string of the molecule is Cc1cc(C)nc(NC(=O)NS(=O)(=O)c2ccccc2OC(F)(F)C(F)F)n1. The summed E-state index contributed by atoms with van der Waals surface area (Å²) in [4.78, 5) is 18.8. The molecule has 0 radical (unpaired) electrons. The zero-order chi connectivity index (χ0) is 21.1. The van der Waals surface area contributed by atoms with E-state index in [0.29, 0.717) is 11.4 Å². The van der Waals surface area contributed by atoms with Crippen molar-refractivity contribution in [3.63, 3.8) is 0 Å². The van der Waals surface area contributed by atoms with Gasteiger partial charge in [0.05, 0.1) is 0 Å². The molecule has 28 heavy (non-hydrogen) atoms. The number of ether oxygens (including phenoxy) is 1. The van der Waals surface area contributed by atoms with Crippen molar-refractivity contribution in [2.75, 3.05) is 5.32 Å². The molecule has 2 N–H and O–H groups in total. The fourth-order valence-electron chi connectivity index (χ4n) is 2.03. The van der Waals surface area contributed by atoms with E-state index in [4.69, 9.17) is 0 Å². The number of aryl methyl sites for hydroxylation is 2. The first kappa shape index (κ1) is 21.3. The van der Waals surface area contributed by atoms with Crippen LogP contribution in [0.15, 0.2) is 35.2 Å². The Bertz CT molecular complexity index is 966. The van der Waals surface area contributed by atoms with Crippen molar-refractivity contribution in [2.45, 2.75) is 31.3 Å². The zero-order valence-electron chi connectivity index (χ0n) is 14.4. The topological polar surface area (TPSA) is 110 Å². The summed E-state index contributed by atoms with van der Waals surface area (Å²) >= 11 is 0. The lowest BCUT2D eigenvalue weighted by molar-refractivity contribution is -0.254. The van der Waals surface area contributed by atoms with E-state index in [0.717, 1.165) is 24.3 Å². The number of hydrogen-bond donors (Lipinski definition) is 2. The molecule has 0 aliphatic heterocycles. The Morgan fingerprint density at radius 3 is 2.29 bits per heavy atom. The van der Waals surface area contributed by atoms with Gasteiger partial charge in [0.15, 0.2) is 0 Å². The van der Waals surface area contributed by atoms with Gasteiger partial charge in [-0.2, -0.15) is 17.6 Å². The highest BCUT2D eigenvalue weighted by atomic mass is 32.2. The van der Waals surface area contributed by atoms with Crippen LogP contribution in [-0.4, -0.2) is 37.0 Å². The number of rotatable bonds is 6. The second-order valence-electron chi connectivity index (χ2n) is 5.45. The molecule has 0 unspecified atom stereocenters. The minimum absolute atomic E-state index is 0.195. The first-order valence-electron chi connectivity index (χ1n) is 7.51. The maximum Gasteiger partial charge on any atom is 0.461 e. The minimum Gasteiger partial charge on any atom is -0.427 e. The van der Waals surface area contributed by atoms with E-state index in [1.165, 1.54) is 0 Å².